The molecule has 3 nitrogen and oxygen atoms in total. The van der Waals surface area contributed by atoms with Gasteiger partial charge in [0.05, 0.1) is 0 Å². The number of rotatable bonds is 6. The van der Waals surface area contributed by atoms with Gasteiger partial charge in [-0.25, -0.2) is 4.79 Å². The second-order valence-electron chi connectivity index (χ2n) is 4.84. The Morgan fingerprint density at radius 2 is 2.13 bits per heavy atom. The molecule has 0 heterocycles. The van der Waals surface area contributed by atoms with E-state index in [9.17, 15) is 4.79 Å². The van der Waals surface area contributed by atoms with Crippen LogP contribution in [0, 0.1) is 5.92 Å². The van der Waals surface area contributed by atoms with Crippen molar-refractivity contribution in [3.05, 3.63) is 0 Å². The van der Waals surface area contributed by atoms with Crippen LogP contribution in [-0.2, 0) is 0 Å². The Kier molecular flexibility index (Phi) is 4.92. The fraction of sp³-hybridized carbons (Fsp3) is 0.917. The van der Waals surface area contributed by atoms with Gasteiger partial charge in [-0.3, -0.25) is 0 Å². The molecule has 15 heavy (non-hydrogen) atoms. The highest BCUT2D eigenvalue weighted by molar-refractivity contribution is 5.74. The van der Waals surface area contributed by atoms with Crippen LogP contribution in [0.2, 0.25) is 0 Å². The number of hydrogen-bond acceptors (Lipinski definition) is 1. The van der Waals surface area contributed by atoms with Gasteiger partial charge in [-0.1, -0.05) is 20.8 Å². The number of amides is 2. The normalized spacial score (nSPS) is 15.5. The topological polar surface area (TPSA) is 32.3 Å². The van der Waals surface area contributed by atoms with Crippen molar-refractivity contribution < 1.29 is 4.79 Å². The van der Waals surface area contributed by atoms with E-state index >= 15 is 0 Å². The molecule has 0 aromatic carbocycles. The van der Waals surface area contributed by atoms with E-state index in [0.29, 0.717) is 12.0 Å². The van der Waals surface area contributed by atoms with Crippen molar-refractivity contribution in [3.8, 4) is 0 Å². The van der Waals surface area contributed by atoms with Crippen molar-refractivity contribution in [3.63, 3.8) is 0 Å². The molecule has 0 unspecified atom stereocenters. The molecule has 1 fully saturated rings. The Morgan fingerprint density at radius 1 is 1.47 bits per heavy atom. The van der Waals surface area contributed by atoms with Crippen LogP contribution in [-0.4, -0.2) is 30.1 Å². The molecule has 0 aliphatic heterocycles. The maximum Gasteiger partial charge on any atom is 0.317 e. The fourth-order valence-electron chi connectivity index (χ4n) is 1.57. The molecular weight excluding hydrogens is 188 g/mol. The summed E-state index contributed by atoms with van der Waals surface area (Å²) in [5, 5.41) is 2.96. The third-order valence-corrected chi connectivity index (χ3v) is 2.72. The highest BCUT2D eigenvalue weighted by Crippen LogP contribution is 2.27. The lowest BCUT2D eigenvalue weighted by Crippen LogP contribution is -2.42. The largest absolute Gasteiger partial charge is 0.338 e. The van der Waals surface area contributed by atoms with Crippen LogP contribution < -0.4 is 5.32 Å². The summed E-state index contributed by atoms with van der Waals surface area (Å²) in [6, 6.07) is 0.667. The first kappa shape index (κ1) is 12.3. The number of nitrogens with one attached hydrogen (secondary N) is 1. The molecule has 0 spiro atoms. The zero-order valence-corrected chi connectivity index (χ0v) is 10.3. The van der Waals surface area contributed by atoms with Gasteiger partial charge in [0.15, 0.2) is 0 Å². The molecule has 1 N–H and O–H groups in total. The third kappa shape index (κ3) is 4.54. The highest BCUT2D eigenvalue weighted by atomic mass is 16.2. The number of carbonyl (C=O) groups is 1. The Labute approximate surface area is 93.2 Å². The zero-order valence-electron chi connectivity index (χ0n) is 10.3. The second kappa shape index (κ2) is 5.99. The van der Waals surface area contributed by atoms with Crippen molar-refractivity contribution in [1.82, 2.24) is 10.2 Å². The van der Waals surface area contributed by atoms with E-state index in [4.69, 9.17) is 0 Å². The smallest absolute Gasteiger partial charge is 0.317 e. The Balaban J connectivity index is 2.32. The van der Waals surface area contributed by atoms with E-state index in [1.807, 2.05) is 4.90 Å². The quantitative estimate of drug-likeness (QED) is 0.721. The number of nitrogens with zero attached hydrogens (tertiary/aromatic N) is 1. The molecule has 1 saturated carbocycles. The molecule has 3 heteroatoms. The lowest BCUT2D eigenvalue weighted by atomic mass is 10.1. The van der Waals surface area contributed by atoms with Gasteiger partial charge in [-0.15, -0.1) is 0 Å². The maximum absolute atomic E-state index is 11.8. The predicted molar refractivity (Wildman–Crippen MR) is 62.9 cm³/mol. The van der Waals surface area contributed by atoms with Gasteiger partial charge in [0.1, 0.15) is 0 Å². The van der Waals surface area contributed by atoms with Gasteiger partial charge in [0.2, 0.25) is 0 Å². The summed E-state index contributed by atoms with van der Waals surface area (Å²) in [4.78, 5) is 13.8. The van der Waals surface area contributed by atoms with Crippen LogP contribution in [0.25, 0.3) is 0 Å². The minimum atomic E-state index is 0.139. The van der Waals surface area contributed by atoms with Gasteiger partial charge in [0.25, 0.3) is 0 Å². The van der Waals surface area contributed by atoms with Gasteiger partial charge in [0, 0.05) is 19.1 Å². The van der Waals surface area contributed by atoms with Gasteiger partial charge >= 0.3 is 6.03 Å². The van der Waals surface area contributed by atoms with Crippen molar-refractivity contribution in [1.29, 1.82) is 0 Å². The van der Waals surface area contributed by atoms with Crippen LogP contribution >= 0.6 is 0 Å². The van der Waals surface area contributed by atoms with Crippen molar-refractivity contribution in [2.75, 3.05) is 13.1 Å². The Bertz CT molecular complexity index is 200. The highest BCUT2D eigenvalue weighted by Gasteiger charge is 2.31. The van der Waals surface area contributed by atoms with E-state index in [1.165, 1.54) is 12.8 Å². The number of urea groups is 1. The summed E-state index contributed by atoms with van der Waals surface area (Å²) in [5.74, 6) is 0.672. The molecule has 1 aliphatic carbocycles. The van der Waals surface area contributed by atoms with Gasteiger partial charge in [-0.05, 0) is 31.6 Å². The predicted octanol–water partition coefficient (Wildman–Crippen LogP) is 2.62. The van der Waals surface area contributed by atoms with Crippen LogP contribution in [0.4, 0.5) is 4.79 Å². The summed E-state index contributed by atoms with van der Waals surface area (Å²) in [5.41, 5.74) is 0. The first-order chi connectivity index (χ1) is 7.15. The molecule has 0 aromatic heterocycles. The number of hydrogen-bond donors (Lipinski definition) is 1. The standard InChI is InChI=1S/C12H24N2O/c1-4-8-13-12(15)14(11-5-6-11)9-7-10(2)3/h10-11H,4-9H2,1-3H3,(H,13,15). The maximum atomic E-state index is 11.8. The number of carbonyl (C=O) groups excluding carboxylic acids is 1. The molecule has 1 aliphatic rings. The molecule has 1 rings (SSSR count). The molecule has 0 atom stereocenters. The monoisotopic (exact) mass is 212 g/mol. The van der Waals surface area contributed by atoms with Gasteiger partial charge < -0.3 is 10.2 Å². The van der Waals surface area contributed by atoms with E-state index in [-0.39, 0.29) is 6.03 Å². The lowest BCUT2D eigenvalue weighted by Gasteiger charge is -2.23. The SMILES string of the molecule is CCCNC(=O)N(CCC(C)C)C1CC1. The summed E-state index contributed by atoms with van der Waals surface area (Å²) in [6.45, 7) is 8.20. The van der Waals surface area contributed by atoms with E-state index in [0.717, 1.165) is 25.9 Å². The molecular formula is C12H24N2O. The lowest BCUT2D eigenvalue weighted by molar-refractivity contribution is 0.191. The van der Waals surface area contributed by atoms with E-state index < -0.39 is 0 Å². The summed E-state index contributed by atoms with van der Waals surface area (Å²) < 4.78 is 0. The summed E-state index contributed by atoms with van der Waals surface area (Å²) in [7, 11) is 0. The third-order valence-electron chi connectivity index (χ3n) is 2.72. The molecule has 0 radical (unpaired) electrons. The van der Waals surface area contributed by atoms with Crippen molar-refractivity contribution in [2.24, 2.45) is 5.92 Å². The van der Waals surface area contributed by atoms with Crippen LogP contribution in [0.3, 0.4) is 0 Å². The zero-order chi connectivity index (χ0) is 11.3. The molecule has 0 bridgehead atoms. The minimum Gasteiger partial charge on any atom is -0.338 e. The average Bonchev–Trinajstić information content (AvgIpc) is 2.98. The molecule has 88 valence electrons. The minimum absolute atomic E-state index is 0.139. The van der Waals surface area contributed by atoms with Gasteiger partial charge in [-0.2, -0.15) is 0 Å². The van der Waals surface area contributed by atoms with Crippen LogP contribution in [0.1, 0.15) is 46.5 Å². The molecule has 0 saturated heterocycles. The van der Waals surface area contributed by atoms with Crippen molar-refractivity contribution >= 4 is 6.03 Å². The Morgan fingerprint density at radius 3 is 2.60 bits per heavy atom. The second-order valence-corrected chi connectivity index (χ2v) is 4.84. The average molecular weight is 212 g/mol. The van der Waals surface area contributed by atoms with E-state index in [2.05, 4.69) is 26.1 Å². The molecule has 2 amide bonds. The fourth-order valence-corrected chi connectivity index (χ4v) is 1.57. The Hall–Kier alpha value is -0.730. The summed E-state index contributed by atoms with van der Waals surface area (Å²) in [6.07, 6.45) is 4.50. The molecule has 0 aromatic rings. The van der Waals surface area contributed by atoms with E-state index in [1.54, 1.807) is 0 Å². The van der Waals surface area contributed by atoms with Crippen LogP contribution in [0.15, 0.2) is 0 Å². The first-order valence-electron chi connectivity index (χ1n) is 6.19. The first-order valence-corrected chi connectivity index (χ1v) is 6.19. The summed E-state index contributed by atoms with van der Waals surface area (Å²) >= 11 is 0. The van der Waals surface area contributed by atoms with Crippen LogP contribution in [0.5, 0.6) is 0 Å². The van der Waals surface area contributed by atoms with Crippen molar-refractivity contribution in [2.45, 2.75) is 52.5 Å².